The zero-order valence-corrected chi connectivity index (χ0v) is 18.1. The van der Waals surface area contributed by atoms with Crippen molar-refractivity contribution in [3.05, 3.63) is 74.8 Å². The fourth-order valence-corrected chi connectivity index (χ4v) is 5.78. The van der Waals surface area contributed by atoms with Crippen LogP contribution in [0.15, 0.2) is 53.4 Å². The molecule has 0 amide bonds. The molecule has 3 atom stereocenters. The van der Waals surface area contributed by atoms with Crippen molar-refractivity contribution in [1.29, 1.82) is 0 Å². The molecule has 1 aliphatic heterocycles. The summed E-state index contributed by atoms with van der Waals surface area (Å²) in [6.45, 7) is 3.56. The molecule has 1 aliphatic carbocycles. The lowest BCUT2D eigenvalue weighted by molar-refractivity contribution is -0.384. The van der Waals surface area contributed by atoms with Gasteiger partial charge in [0, 0.05) is 23.7 Å². The standard InChI is InChI=1S/C21H22ClN3O4S/c1-12(2)24-30(28,29)14-7-9-19-17(11-14)15-4-3-5-16(15)21(23-19)13-6-8-18(22)20(10-13)25(26)27/h3-4,6-12,15-16,21,23-24H,5H2,1-2H3. The molecular formula is C21H22ClN3O4S. The number of allylic oxidation sites excluding steroid dienone is 2. The van der Waals surface area contributed by atoms with Crippen LogP contribution in [0.4, 0.5) is 11.4 Å². The molecule has 0 spiro atoms. The maximum absolute atomic E-state index is 12.6. The molecule has 0 radical (unpaired) electrons. The third-order valence-corrected chi connectivity index (χ3v) is 7.54. The Balaban J connectivity index is 1.74. The fraction of sp³-hybridized carbons (Fsp3) is 0.333. The van der Waals surface area contributed by atoms with Crippen molar-refractivity contribution >= 4 is 33.0 Å². The van der Waals surface area contributed by atoms with Crippen molar-refractivity contribution in [2.45, 2.75) is 43.2 Å². The highest BCUT2D eigenvalue weighted by molar-refractivity contribution is 7.89. The van der Waals surface area contributed by atoms with Crippen LogP contribution < -0.4 is 10.0 Å². The van der Waals surface area contributed by atoms with Gasteiger partial charge in [0.25, 0.3) is 5.69 Å². The van der Waals surface area contributed by atoms with E-state index in [1.165, 1.54) is 6.07 Å². The van der Waals surface area contributed by atoms with Crippen LogP contribution in [0, 0.1) is 16.0 Å². The lowest BCUT2D eigenvalue weighted by Crippen LogP contribution is -2.31. The second kappa shape index (κ2) is 7.68. The molecule has 7 nitrogen and oxygen atoms in total. The molecule has 9 heteroatoms. The highest BCUT2D eigenvalue weighted by Crippen LogP contribution is 2.50. The largest absolute Gasteiger partial charge is 0.378 e. The molecule has 2 aliphatic rings. The zero-order chi connectivity index (χ0) is 21.6. The summed E-state index contributed by atoms with van der Waals surface area (Å²) in [6.07, 6.45) is 4.96. The maximum atomic E-state index is 12.6. The van der Waals surface area contributed by atoms with E-state index in [1.807, 2.05) is 0 Å². The number of fused-ring (bicyclic) bond motifs is 3. The van der Waals surface area contributed by atoms with E-state index in [1.54, 1.807) is 44.2 Å². The number of anilines is 1. The van der Waals surface area contributed by atoms with E-state index in [9.17, 15) is 18.5 Å². The summed E-state index contributed by atoms with van der Waals surface area (Å²) in [7, 11) is -3.60. The van der Waals surface area contributed by atoms with Crippen molar-refractivity contribution in [2.75, 3.05) is 5.32 Å². The first-order valence-corrected chi connectivity index (χ1v) is 11.6. The van der Waals surface area contributed by atoms with Gasteiger partial charge in [0.15, 0.2) is 0 Å². The predicted molar refractivity (Wildman–Crippen MR) is 116 cm³/mol. The van der Waals surface area contributed by atoms with Gasteiger partial charge in [-0.15, -0.1) is 0 Å². The Bertz CT molecular complexity index is 1150. The Hall–Kier alpha value is -2.42. The Labute approximate surface area is 180 Å². The number of nitro benzene ring substituents is 1. The second-order valence-electron chi connectivity index (χ2n) is 7.97. The van der Waals surface area contributed by atoms with Crippen LogP contribution in [0.2, 0.25) is 5.02 Å². The van der Waals surface area contributed by atoms with Crippen LogP contribution in [0.1, 0.15) is 43.4 Å². The summed E-state index contributed by atoms with van der Waals surface area (Å²) in [5.74, 6) is 0.143. The first-order chi connectivity index (χ1) is 14.2. The molecule has 30 heavy (non-hydrogen) atoms. The molecule has 0 bridgehead atoms. The van der Waals surface area contributed by atoms with Gasteiger partial charge in [-0.3, -0.25) is 10.1 Å². The molecular weight excluding hydrogens is 426 g/mol. The van der Waals surface area contributed by atoms with Crippen molar-refractivity contribution in [3.63, 3.8) is 0 Å². The quantitative estimate of drug-likeness (QED) is 0.391. The molecule has 3 unspecified atom stereocenters. The minimum absolute atomic E-state index is 0.0233. The van der Waals surface area contributed by atoms with E-state index in [-0.39, 0.29) is 39.5 Å². The molecule has 2 aromatic rings. The van der Waals surface area contributed by atoms with Crippen molar-refractivity contribution < 1.29 is 13.3 Å². The van der Waals surface area contributed by atoms with Crippen LogP contribution >= 0.6 is 11.6 Å². The van der Waals surface area contributed by atoms with Crippen LogP contribution in [0.3, 0.4) is 0 Å². The Kier molecular flexibility index (Phi) is 5.34. The first kappa shape index (κ1) is 20.8. The smallest absolute Gasteiger partial charge is 0.288 e. The summed E-state index contributed by atoms with van der Waals surface area (Å²) in [4.78, 5) is 11.1. The Morgan fingerprint density at radius 2 is 2.00 bits per heavy atom. The molecule has 2 aromatic carbocycles. The number of halogens is 1. The fourth-order valence-electron chi connectivity index (χ4n) is 4.31. The monoisotopic (exact) mass is 447 g/mol. The second-order valence-corrected chi connectivity index (χ2v) is 10.1. The summed E-state index contributed by atoms with van der Waals surface area (Å²) in [5.41, 5.74) is 2.41. The van der Waals surface area contributed by atoms with Gasteiger partial charge in [0.1, 0.15) is 5.02 Å². The van der Waals surface area contributed by atoms with Crippen LogP contribution in [-0.4, -0.2) is 19.4 Å². The number of hydrogen-bond donors (Lipinski definition) is 2. The number of nitro groups is 1. The van der Waals surface area contributed by atoms with E-state index in [4.69, 9.17) is 11.6 Å². The minimum Gasteiger partial charge on any atom is -0.378 e. The van der Waals surface area contributed by atoms with Gasteiger partial charge in [-0.1, -0.05) is 29.8 Å². The number of sulfonamides is 1. The lowest BCUT2D eigenvalue weighted by Gasteiger charge is -2.37. The van der Waals surface area contributed by atoms with E-state index >= 15 is 0 Å². The molecule has 0 saturated carbocycles. The number of rotatable bonds is 5. The van der Waals surface area contributed by atoms with Gasteiger partial charge in [-0.05, 0) is 61.6 Å². The SMILES string of the molecule is CC(C)NS(=O)(=O)c1ccc2c(c1)C1C=CCC1C(c1ccc(Cl)c([N+](=O)[O-])c1)N2. The first-order valence-electron chi connectivity index (χ1n) is 9.70. The van der Waals surface area contributed by atoms with E-state index in [0.717, 1.165) is 23.2 Å². The minimum atomic E-state index is -3.60. The van der Waals surface area contributed by atoms with Gasteiger partial charge < -0.3 is 5.32 Å². The third-order valence-electron chi connectivity index (χ3n) is 5.56. The summed E-state index contributed by atoms with van der Waals surface area (Å²) in [6, 6.07) is 9.60. The number of nitrogens with one attached hydrogen (secondary N) is 2. The molecule has 4 rings (SSSR count). The van der Waals surface area contributed by atoms with E-state index in [2.05, 4.69) is 22.2 Å². The molecule has 0 fully saturated rings. The van der Waals surface area contributed by atoms with Crippen LogP contribution in [0.25, 0.3) is 0 Å². The highest BCUT2D eigenvalue weighted by Gasteiger charge is 2.39. The molecule has 158 valence electrons. The highest BCUT2D eigenvalue weighted by atomic mass is 35.5. The van der Waals surface area contributed by atoms with Crippen molar-refractivity contribution in [3.8, 4) is 0 Å². The third kappa shape index (κ3) is 3.71. The van der Waals surface area contributed by atoms with Gasteiger partial charge in [-0.2, -0.15) is 0 Å². The van der Waals surface area contributed by atoms with Gasteiger partial charge in [-0.25, -0.2) is 13.1 Å². The van der Waals surface area contributed by atoms with Gasteiger partial charge in [0.2, 0.25) is 10.0 Å². The Morgan fingerprint density at radius 3 is 2.70 bits per heavy atom. The van der Waals surface area contributed by atoms with Crippen LogP contribution in [0.5, 0.6) is 0 Å². The average Bonchev–Trinajstić information content (AvgIpc) is 3.16. The summed E-state index contributed by atoms with van der Waals surface area (Å²) >= 11 is 5.98. The normalized spacial score (nSPS) is 22.5. The molecule has 1 heterocycles. The topological polar surface area (TPSA) is 101 Å². The molecule has 0 aromatic heterocycles. The number of benzene rings is 2. The van der Waals surface area contributed by atoms with Crippen molar-refractivity contribution in [2.24, 2.45) is 5.92 Å². The average molecular weight is 448 g/mol. The Morgan fingerprint density at radius 1 is 1.23 bits per heavy atom. The van der Waals surface area contributed by atoms with E-state index in [0.29, 0.717) is 0 Å². The maximum Gasteiger partial charge on any atom is 0.288 e. The summed E-state index contributed by atoms with van der Waals surface area (Å²) in [5, 5.41) is 14.9. The van der Waals surface area contributed by atoms with Gasteiger partial charge in [0.05, 0.1) is 15.9 Å². The zero-order valence-electron chi connectivity index (χ0n) is 16.5. The van der Waals surface area contributed by atoms with E-state index < -0.39 is 14.9 Å². The van der Waals surface area contributed by atoms with Gasteiger partial charge >= 0.3 is 0 Å². The lowest BCUT2D eigenvalue weighted by atomic mass is 9.77. The van der Waals surface area contributed by atoms with Crippen LogP contribution in [-0.2, 0) is 10.0 Å². The molecule has 2 N–H and O–H groups in total. The summed E-state index contributed by atoms with van der Waals surface area (Å²) < 4.78 is 27.8. The van der Waals surface area contributed by atoms with Crippen molar-refractivity contribution in [1.82, 2.24) is 4.72 Å². The molecule has 0 saturated heterocycles. The predicted octanol–water partition coefficient (Wildman–Crippen LogP) is 4.76. The number of nitrogens with zero attached hydrogens (tertiary/aromatic N) is 1. The number of hydrogen-bond acceptors (Lipinski definition) is 5.